The highest BCUT2D eigenvalue weighted by Crippen LogP contribution is 2.31. The molecule has 2 aromatic carbocycles. The number of nitrogens with one attached hydrogen (secondary N) is 1. The molecule has 1 N–H and O–H groups in total. The van der Waals surface area contributed by atoms with Crippen molar-refractivity contribution in [3.63, 3.8) is 0 Å². The molecule has 0 bridgehead atoms. The predicted molar refractivity (Wildman–Crippen MR) is 122 cm³/mol. The minimum absolute atomic E-state index is 0.0755. The van der Waals surface area contributed by atoms with Gasteiger partial charge in [-0.25, -0.2) is 14.4 Å². The number of hydrogen-bond acceptors (Lipinski definition) is 7. The normalized spacial score (nSPS) is 19.3. The summed E-state index contributed by atoms with van der Waals surface area (Å²) >= 11 is 11.7. The smallest absolute Gasteiger partial charge is 0.338 e. The summed E-state index contributed by atoms with van der Waals surface area (Å²) in [6.45, 7) is -0.336. The Hall–Kier alpha value is -3.47. The maximum absolute atomic E-state index is 13.8. The van der Waals surface area contributed by atoms with Crippen molar-refractivity contribution in [3.8, 4) is 0 Å². The Kier molecular flexibility index (Phi) is 7.34. The minimum atomic E-state index is -1.19. The minimum Gasteiger partial charge on any atom is -0.459 e. The fraction of sp³-hybridized carbons (Fsp3) is 0.217. The van der Waals surface area contributed by atoms with Crippen LogP contribution in [0.15, 0.2) is 64.3 Å². The zero-order valence-corrected chi connectivity index (χ0v) is 19.3. The van der Waals surface area contributed by atoms with Crippen LogP contribution in [0.3, 0.4) is 0 Å². The lowest BCUT2D eigenvalue weighted by atomic mass is 10.1. The quantitative estimate of drug-likeness (QED) is 0.493. The van der Waals surface area contributed by atoms with Gasteiger partial charge < -0.3 is 14.2 Å². The van der Waals surface area contributed by atoms with E-state index in [-0.39, 0.29) is 24.2 Å². The second-order valence-electron chi connectivity index (χ2n) is 7.56. The number of nitrogens with zero attached hydrogens (tertiary/aromatic N) is 1. The molecule has 1 unspecified atom stereocenters. The lowest BCUT2D eigenvalue weighted by Crippen LogP contribution is -2.34. The Morgan fingerprint density at radius 3 is 2.17 bits per heavy atom. The highest BCUT2D eigenvalue weighted by atomic mass is 35.5. The van der Waals surface area contributed by atoms with Gasteiger partial charge in [0, 0.05) is 16.5 Å². The van der Waals surface area contributed by atoms with Gasteiger partial charge in [0.2, 0.25) is 5.82 Å². The largest absolute Gasteiger partial charge is 0.459 e. The van der Waals surface area contributed by atoms with E-state index in [1.54, 1.807) is 0 Å². The number of esters is 2. The van der Waals surface area contributed by atoms with Crippen molar-refractivity contribution >= 4 is 35.1 Å². The maximum atomic E-state index is 13.8. The van der Waals surface area contributed by atoms with Gasteiger partial charge in [-0.15, -0.1) is 0 Å². The molecule has 0 amide bonds. The number of hydrogen-bond donors (Lipinski definition) is 1. The number of ether oxygens (including phenoxy) is 3. The van der Waals surface area contributed by atoms with Crippen LogP contribution in [0.1, 0.15) is 33.4 Å². The topological polar surface area (TPSA) is 117 Å². The molecular weight excluding hydrogens is 506 g/mol. The molecular formula is C23H17Cl2FN2O7. The molecule has 0 saturated carbocycles. The Balaban J connectivity index is 1.53. The molecule has 3 atom stereocenters. The molecule has 0 aliphatic carbocycles. The van der Waals surface area contributed by atoms with Gasteiger partial charge >= 0.3 is 17.6 Å². The predicted octanol–water partition coefficient (Wildman–Crippen LogP) is 3.35. The van der Waals surface area contributed by atoms with E-state index >= 15 is 0 Å². The van der Waals surface area contributed by atoms with Crippen molar-refractivity contribution in [1.29, 1.82) is 0 Å². The summed E-state index contributed by atoms with van der Waals surface area (Å²) in [7, 11) is 0. The zero-order chi connectivity index (χ0) is 25.1. The fourth-order valence-corrected chi connectivity index (χ4v) is 3.69. The van der Waals surface area contributed by atoms with Gasteiger partial charge in [0.05, 0.1) is 17.3 Å². The summed E-state index contributed by atoms with van der Waals surface area (Å²) < 4.78 is 31.3. The molecule has 2 heterocycles. The number of carbonyl (C=O) groups excluding carboxylic acids is 2. The number of carbonyl (C=O) groups is 2. The Labute approximate surface area is 207 Å². The van der Waals surface area contributed by atoms with Gasteiger partial charge in [0.25, 0.3) is 5.56 Å². The third-order valence-corrected chi connectivity index (χ3v) is 5.72. The van der Waals surface area contributed by atoms with Crippen LogP contribution >= 0.6 is 23.2 Å². The van der Waals surface area contributed by atoms with Crippen LogP contribution in [0, 0.1) is 5.82 Å². The summed E-state index contributed by atoms with van der Waals surface area (Å²) in [5.74, 6) is -2.57. The van der Waals surface area contributed by atoms with E-state index in [0.717, 1.165) is 4.57 Å². The van der Waals surface area contributed by atoms with Gasteiger partial charge in [-0.3, -0.25) is 14.3 Å². The monoisotopic (exact) mass is 522 g/mol. The van der Waals surface area contributed by atoms with Gasteiger partial charge in [0.15, 0.2) is 0 Å². The van der Waals surface area contributed by atoms with E-state index in [0.29, 0.717) is 16.2 Å². The molecule has 12 heteroatoms. The van der Waals surface area contributed by atoms with Crippen molar-refractivity contribution in [1.82, 2.24) is 9.55 Å². The van der Waals surface area contributed by atoms with Crippen molar-refractivity contribution in [2.24, 2.45) is 0 Å². The highest BCUT2D eigenvalue weighted by Gasteiger charge is 2.40. The zero-order valence-electron chi connectivity index (χ0n) is 17.8. The van der Waals surface area contributed by atoms with Crippen molar-refractivity contribution in [2.75, 3.05) is 6.61 Å². The third kappa shape index (κ3) is 5.79. The number of H-pyrrole nitrogens is 1. The molecule has 35 heavy (non-hydrogen) atoms. The average molecular weight is 523 g/mol. The number of aromatic amines is 1. The van der Waals surface area contributed by atoms with Crippen molar-refractivity contribution in [2.45, 2.75) is 24.9 Å². The molecule has 3 aromatic rings. The molecule has 4 rings (SSSR count). The first-order chi connectivity index (χ1) is 16.7. The maximum Gasteiger partial charge on any atom is 0.338 e. The first-order valence-electron chi connectivity index (χ1n) is 10.3. The van der Waals surface area contributed by atoms with E-state index in [9.17, 15) is 23.6 Å². The Morgan fingerprint density at radius 2 is 1.57 bits per heavy atom. The van der Waals surface area contributed by atoms with E-state index in [2.05, 4.69) is 0 Å². The molecule has 0 spiro atoms. The van der Waals surface area contributed by atoms with Crippen LogP contribution in [0.25, 0.3) is 0 Å². The van der Waals surface area contributed by atoms with Gasteiger partial charge in [-0.2, -0.15) is 4.39 Å². The first-order valence-corrected chi connectivity index (χ1v) is 11.0. The molecule has 1 aliphatic heterocycles. The van der Waals surface area contributed by atoms with E-state index < -0.39 is 47.4 Å². The van der Waals surface area contributed by atoms with Gasteiger partial charge in [-0.05, 0) is 48.5 Å². The second kappa shape index (κ2) is 10.4. The summed E-state index contributed by atoms with van der Waals surface area (Å²) in [6.07, 6.45) is -2.44. The summed E-state index contributed by atoms with van der Waals surface area (Å²) in [5.41, 5.74) is -1.65. The number of benzene rings is 2. The molecule has 0 radical (unpaired) electrons. The Bertz CT molecular complexity index is 1360. The van der Waals surface area contributed by atoms with Gasteiger partial charge in [-0.1, -0.05) is 23.2 Å². The lowest BCUT2D eigenvalue weighted by molar-refractivity contribution is -0.0584. The standard InChI is InChI=1S/C23H17Cl2FN2O7/c24-14-5-1-12(2-6-14)21(30)33-11-18-17(35-22(31)13-3-7-15(25)8-4-13)9-19(34-18)28-10-16(26)20(29)27-23(28)32/h1-8,10,17-19H,9,11H2,(H,27,29,32)/t17?,18-,19-/m1/s1. The lowest BCUT2D eigenvalue weighted by Gasteiger charge is -2.19. The highest BCUT2D eigenvalue weighted by molar-refractivity contribution is 6.31. The van der Waals surface area contributed by atoms with Crippen molar-refractivity contribution < 1.29 is 28.2 Å². The van der Waals surface area contributed by atoms with Crippen LogP contribution in [0.4, 0.5) is 4.39 Å². The van der Waals surface area contributed by atoms with Crippen LogP contribution in [-0.4, -0.2) is 40.3 Å². The summed E-state index contributed by atoms with van der Waals surface area (Å²) in [5, 5.41) is 0.869. The summed E-state index contributed by atoms with van der Waals surface area (Å²) in [4.78, 5) is 50.4. The van der Waals surface area contributed by atoms with Crippen LogP contribution in [0.2, 0.25) is 10.0 Å². The Morgan fingerprint density at radius 1 is 1.00 bits per heavy atom. The van der Waals surface area contributed by atoms with Crippen molar-refractivity contribution in [3.05, 3.63) is 103 Å². The van der Waals surface area contributed by atoms with Gasteiger partial charge in [0.1, 0.15) is 25.0 Å². The number of aromatic nitrogens is 2. The number of halogens is 3. The van der Waals surface area contributed by atoms with E-state index in [1.165, 1.54) is 48.5 Å². The molecule has 1 fully saturated rings. The molecule has 1 aromatic heterocycles. The molecule has 1 saturated heterocycles. The molecule has 1 aliphatic rings. The first kappa shape index (κ1) is 24.6. The molecule has 182 valence electrons. The second-order valence-corrected chi connectivity index (χ2v) is 8.44. The van der Waals surface area contributed by atoms with Crippen LogP contribution in [-0.2, 0) is 14.2 Å². The third-order valence-electron chi connectivity index (χ3n) is 5.21. The van der Waals surface area contributed by atoms with Crippen LogP contribution < -0.4 is 11.2 Å². The fourth-order valence-electron chi connectivity index (χ4n) is 3.44. The average Bonchev–Trinajstić information content (AvgIpc) is 3.22. The number of rotatable bonds is 6. The SMILES string of the molecule is O=C(OC[C@H]1O[C@@H](n2cc(F)c(=O)[nH]c2=O)CC1OC(=O)c1ccc(Cl)cc1)c1ccc(Cl)cc1. The molecule has 9 nitrogen and oxygen atoms in total. The summed E-state index contributed by atoms with van der Waals surface area (Å²) in [6, 6.07) is 12.0. The van der Waals surface area contributed by atoms with E-state index in [4.69, 9.17) is 37.4 Å². The van der Waals surface area contributed by atoms with Crippen LogP contribution in [0.5, 0.6) is 0 Å². The van der Waals surface area contributed by atoms with E-state index in [1.807, 2.05) is 4.98 Å².